The zero-order valence-electron chi connectivity index (χ0n) is 8.26. The maximum Gasteiger partial charge on any atom is 0.469 e. The smallest absolute Gasteiger partial charge is 0.357 e. The predicted molar refractivity (Wildman–Crippen MR) is 49.7 cm³/mol. The highest BCUT2D eigenvalue weighted by molar-refractivity contribution is 7.46. The van der Waals surface area contributed by atoms with Gasteiger partial charge in [0, 0.05) is 14.0 Å². The molecule has 0 saturated heterocycles. The molecule has 0 aromatic heterocycles. The standard InChI is InChI=1S/C6H13N2O6P/c1-4(9)8-5(6(10)7-2)3-14-15(11,12)13/h5H,3H2,1-2H3,(H,7,10)(H,8,9)(H2,11,12,13)/t5-/m1/s1. The van der Waals surface area contributed by atoms with E-state index in [0.717, 1.165) is 0 Å². The molecule has 15 heavy (non-hydrogen) atoms. The summed E-state index contributed by atoms with van der Waals surface area (Å²) < 4.78 is 14.5. The summed E-state index contributed by atoms with van der Waals surface area (Å²) in [6.45, 7) is 0.580. The van der Waals surface area contributed by atoms with Gasteiger partial charge >= 0.3 is 7.82 Å². The summed E-state index contributed by atoms with van der Waals surface area (Å²) in [5, 5.41) is 4.40. The van der Waals surface area contributed by atoms with Gasteiger partial charge in [0.1, 0.15) is 6.04 Å². The van der Waals surface area contributed by atoms with Gasteiger partial charge in [-0.3, -0.25) is 14.1 Å². The van der Waals surface area contributed by atoms with Crippen LogP contribution in [0.5, 0.6) is 0 Å². The number of hydrogen-bond donors (Lipinski definition) is 4. The van der Waals surface area contributed by atoms with Gasteiger partial charge in [0.15, 0.2) is 0 Å². The number of likely N-dealkylation sites (N-methyl/N-ethyl adjacent to an activating group) is 1. The number of rotatable bonds is 5. The molecule has 0 aliphatic rings. The Morgan fingerprint density at radius 3 is 2.33 bits per heavy atom. The fourth-order valence-corrected chi connectivity index (χ4v) is 1.12. The molecule has 0 aromatic carbocycles. The van der Waals surface area contributed by atoms with Crippen molar-refractivity contribution < 1.29 is 28.5 Å². The molecule has 9 heteroatoms. The van der Waals surface area contributed by atoms with Gasteiger partial charge in [-0.1, -0.05) is 0 Å². The summed E-state index contributed by atoms with van der Waals surface area (Å²) in [7, 11) is -3.32. The summed E-state index contributed by atoms with van der Waals surface area (Å²) in [5.41, 5.74) is 0. The average Bonchev–Trinajstić information content (AvgIpc) is 2.09. The molecule has 0 bridgehead atoms. The summed E-state index contributed by atoms with van der Waals surface area (Å²) in [6.07, 6.45) is 0. The van der Waals surface area contributed by atoms with Crippen LogP contribution in [0.15, 0.2) is 0 Å². The van der Waals surface area contributed by atoms with Gasteiger partial charge in [-0.25, -0.2) is 4.57 Å². The number of nitrogens with one attached hydrogen (secondary N) is 2. The van der Waals surface area contributed by atoms with E-state index < -0.39 is 32.3 Å². The van der Waals surface area contributed by atoms with Crippen LogP contribution in [0.4, 0.5) is 0 Å². The highest BCUT2D eigenvalue weighted by atomic mass is 31.2. The van der Waals surface area contributed by atoms with Crippen LogP contribution in [0, 0.1) is 0 Å². The molecule has 0 unspecified atom stereocenters. The Balaban J connectivity index is 4.32. The van der Waals surface area contributed by atoms with Crippen molar-refractivity contribution >= 4 is 19.6 Å². The molecule has 4 N–H and O–H groups in total. The van der Waals surface area contributed by atoms with E-state index in [1.807, 2.05) is 0 Å². The Hall–Kier alpha value is -0.950. The first-order chi connectivity index (χ1) is 6.76. The van der Waals surface area contributed by atoms with Crippen molar-refractivity contribution in [2.45, 2.75) is 13.0 Å². The van der Waals surface area contributed by atoms with Crippen LogP contribution >= 0.6 is 7.82 Å². The minimum Gasteiger partial charge on any atom is -0.357 e. The number of carbonyl (C=O) groups is 2. The molecule has 0 aliphatic heterocycles. The Morgan fingerprint density at radius 2 is 2.00 bits per heavy atom. The maximum atomic E-state index is 11.1. The van der Waals surface area contributed by atoms with Crippen LogP contribution in [0.25, 0.3) is 0 Å². The van der Waals surface area contributed by atoms with Gasteiger partial charge in [0.2, 0.25) is 11.8 Å². The number of hydrogen-bond acceptors (Lipinski definition) is 4. The molecular weight excluding hydrogens is 227 g/mol. The third-order valence-corrected chi connectivity index (χ3v) is 1.84. The second kappa shape index (κ2) is 5.82. The molecule has 8 nitrogen and oxygen atoms in total. The summed E-state index contributed by atoms with van der Waals surface area (Å²) >= 11 is 0. The van der Waals surface area contributed by atoms with Crippen LogP contribution in [0.1, 0.15) is 6.92 Å². The van der Waals surface area contributed by atoms with Crippen LogP contribution in [-0.4, -0.2) is 41.3 Å². The molecule has 0 fully saturated rings. The van der Waals surface area contributed by atoms with E-state index in [-0.39, 0.29) is 0 Å². The van der Waals surface area contributed by atoms with Gasteiger partial charge in [-0.15, -0.1) is 0 Å². The molecule has 0 saturated carbocycles. The summed E-state index contributed by atoms with van der Waals surface area (Å²) in [6, 6.07) is -1.12. The molecule has 1 atom stereocenters. The van der Waals surface area contributed by atoms with Crippen molar-refractivity contribution in [2.75, 3.05) is 13.7 Å². The van der Waals surface area contributed by atoms with Crippen molar-refractivity contribution in [3.63, 3.8) is 0 Å². The minimum atomic E-state index is -4.64. The minimum absolute atomic E-state index is 0.502. The third-order valence-electron chi connectivity index (χ3n) is 1.35. The Kier molecular flexibility index (Phi) is 5.45. The maximum absolute atomic E-state index is 11.1. The first-order valence-electron chi connectivity index (χ1n) is 3.95. The second-order valence-electron chi connectivity index (χ2n) is 2.65. The fraction of sp³-hybridized carbons (Fsp3) is 0.667. The number of amides is 2. The molecule has 88 valence electrons. The average molecular weight is 240 g/mol. The van der Waals surface area contributed by atoms with Crippen LogP contribution in [0.3, 0.4) is 0 Å². The van der Waals surface area contributed by atoms with Crippen molar-refractivity contribution in [3.8, 4) is 0 Å². The zero-order chi connectivity index (χ0) is 12.1. The SMILES string of the molecule is CNC(=O)[C@@H](COP(=O)(O)O)NC(C)=O. The fourth-order valence-electron chi connectivity index (χ4n) is 0.774. The van der Waals surface area contributed by atoms with Crippen LogP contribution in [-0.2, 0) is 18.7 Å². The lowest BCUT2D eigenvalue weighted by atomic mass is 10.3. The molecule has 0 spiro atoms. The normalized spacial score (nSPS) is 13.1. The Bertz CT molecular complexity index is 287. The predicted octanol–water partition coefficient (Wildman–Crippen LogP) is -1.65. The van der Waals surface area contributed by atoms with Crippen LogP contribution < -0.4 is 10.6 Å². The lowest BCUT2D eigenvalue weighted by Gasteiger charge is -2.16. The van der Waals surface area contributed by atoms with E-state index in [0.29, 0.717) is 0 Å². The van der Waals surface area contributed by atoms with Gasteiger partial charge in [-0.2, -0.15) is 0 Å². The molecule has 0 heterocycles. The van der Waals surface area contributed by atoms with Crippen molar-refractivity contribution in [2.24, 2.45) is 0 Å². The third kappa shape index (κ3) is 7.03. The van der Waals surface area contributed by atoms with Crippen molar-refractivity contribution in [3.05, 3.63) is 0 Å². The van der Waals surface area contributed by atoms with Crippen LogP contribution in [0.2, 0.25) is 0 Å². The van der Waals surface area contributed by atoms with E-state index in [1.165, 1.54) is 14.0 Å². The quantitative estimate of drug-likeness (QED) is 0.426. The molecule has 0 aromatic rings. The monoisotopic (exact) mass is 240 g/mol. The molecule has 0 radical (unpaired) electrons. The van der Waals surface area contributed by atoms with Crippen molar-refractivity contribution in [1.82, 2.24) is 10.6 Å². The van der Waals surface area contributed by atoms with Gasteiger partial charge < -0.3 is 20.4 Å². The lowest BCUT2D eigenvalue weighted by Crippen LogP contribution is -2.47. The molecular formula is C6H13N2O6P. The molecule has 0 rings (SSSR count). The highest BCUT2D eigenvalue weighted by Crippen LogP contribution is 2.35. The number of phosphoric acid groups is 1. The van der Waals surface area contributed by atoms with E-state index in [2.05, 4.69) is 15.2 Å². The Morgan fingerprint density at radius 1 is 1.47 bits per heavy atom. The first kappa shape index (κ1) is 14.1. The van der Waals surface area contributed by atoms with E-state index in [4.69, 9.17) is 9.79 Å². The van der Waals surface area contributed by atoms with Gasteiger partial charge in [0.25, 0.3) is 0 Å². The summed E-state index contributed by atoms with van der Waals surface area (Å²) in [5.74, 6) is -1.10. The summed E-state index contributed by atoms with van der Waals surface area (Å²) in [4.78, 5) is 38.6. The highest BCUT2D eigenvalue weighted by Gasteiger charge is 2.23. The molecule has 2 amide bonds. The first-order valence-corrected chi connectivity index (χ1v) is 5.48. The van der Waals surface area contributed by atoms with E-state index in [1.54, 1.807) is 0 Å². The topological polar surface area (TPSA) is 125 Å². The van der Waals surface area contributed by atoms with Gasteiger partial charge in [-0.05, 0) is 0 Å². The zero-order valence-corrected chi connectivity index (χ0v) is 9.15. The largest absolute Gasteiger partial charge is 0.469 e. The van der Waals surface area contributed by atoms with Gasteiger partial charge in [0.05, 0.1) is 6.61 Å². The Labute approximate surface area is 86.2 Å². The second-order valence-corrected chi connectivity index (χ2v) is 3.89. The number of carbonyl (C=O) groups excluding carboxylic acids is 2. The van der Waals surface area contributed by atoms with Crippen molar-refractivity contribution in [1.29, 1.82) is 0 Å². The van der Waals surface area contributed by atoms with E-state index in [9.17, 15) is 14.2 Å². The lowest BCUT2D eigenvalue weighted by molar-refractivity contribution is -0.128. The molecule has 0 aliphatic carbocycles. The van der Waals surface area contributed by atoms with E-state index >= 15 is 0 Å². The number of phosphoric ester groups is 1.